The summed E-state index contributed by atoms with van der Waals surface area (Å²) in [7, 11) is 0. The molecular weight excluding hydrogens is 347 g/mol. The number of nitrogens with one attached hydrogen (secondary N) is 2. The highest BCUT2D eigenvalue weighted by Crippen LogP contribution is 2.26. The number of carbonyl (C=O) groups excluding carboxylic acids is 1. The van der Waals surface area contributed by atoms with Gasteiger partial charge in [-0.15, -0.1) is 11.3 Å². The van der Waals surface area contributed by atoms with Crippen molar-refractivity contribution in [1.82, 2.24) is 5.32 Å². The van der Waals surface area contributed by atoms with Crippen molar-refractivity contribution in [3.05, 3.63) is 87.9 Å². The first-order chi connectivity index (χ1) is 12.5. The van der Waals surface area contributed by atoms with Gasteiger partial charge in [-0.25, -0.2) is 4.39 Å². The number of carbonyl (C=O) groups is 1. The van der Waals surface area contributed by atoms with Crippen molar-refractivity contribution in [2.45, 2.75) is 25.9 Å². The molecule has 3 rings (SSSR count). The standard InChI is InChI=1S/C21H21FN2OS/c1-14-10-11-17(13-18(14)22)24-21(25)15(2)23-20(19-9-6-12-26-19)16-7-4-3-5-8-16/h3-13,15,20,23H,1-2H3,(H,24,25)/t15-,20-/m0/s1. The lowest BCUT2D eigenvalue weighted by Gasteiger charge is -2.22. The summed E-state index contributed by atoms with van der Waals surface area (Å²) in [5.41, 5.74) is 2.10. The van der Waals surface area contributed by atoms with E-state index in [1.807, 2.05) is 48.7 Å². The molecule has 0 bridgehead atoms. The van der Waals surface area contributed by atoms with Crippen LogP contribution in [0.1, 0.15) is 29.0 Å². The molecule has 0 saturated heterocycles. The van der Waals surface area contributed by atoms with E-state index in [-0.39, 0.29) is 17.8 Å². The lowest BCUT2D eigenvalue weighted by molar-refractivity contribution is -0.117. The molecule has 2 atom stereocenters. The second kappa shape index (κ2) is 8.25. The Bertz CT molecular complexity index is 865. The van der Waals surface area contributed by atoms with Crippen LogP contribution in [-0.2, 0) is 4.79 Å². The molecule has 1 amide bonds. The second-order valence-corrected chi connectivity index (χ2v) is 7.18. The predicted molar refractivity (Wildman–Crippen MR) is 105 cm³/mol. The summed E-state index contributed by atoms with van der Waals surface area (Å²) in [5.74, 6) is -0.532. The minimum Gasteiger partial charge on any atom is -0.325 e. The molecule has 26 heavy (non-hydrogen) atoms. The fraction of sp³-hybridized carbons (Fsp3) is 0.190. The van der Waals surface area contributed by atoms with Gasteiger partial charge >= 0.3 is 0 Å². The molecule has 2 N–H and O–H groups in total. The maximum absolute atomic E-state index is 13.7. The Morgan fingerprint density at radius 3 is 2.50 bits per heavy atom. The predicted octanol–water partition coefficient (Wildman–Crippen LogP) is 4.90. The van der Waals surface area contributed by atoms with Gasteiger partial charge in [-0.05, 0) is 48.6 Å². The van der Waals surface area contributed by atoms with Gasteiger partial charge in [-0.1, -0.05) is 42.5 Å². The first kappa shape index (κ1) is 18.3. The minimum atomic E-state index is -0.452. The summed E-state index contributed by atoms with van der Waals surface area (Å²) in [6.45, 7) is 3.50. The maximum Gasteiger partial charge on any atom is 0.241 e. The lowest BCUT2D eigenvalue weighted by atomic mass is 10.0. The molecule has 0 radical (unpaired) electrons. The summed E-state index contributed by atoms with van der Waals surface area (Å²) < 4.78 is 13.7. The first-order valence-electron chi connectivity index (χ1n) is 8.46. The van der Waals surface area contributed by atoms with E-state index in [4.69, 9.17) is 0 Å². The number of benzene rings is 2. The van der Waals surface area contributed by atoms with Crippen LogP contribution in [0.5, 0.6) is 0 Å². The molecule has 2 aromatic carbocycles. The van der Waals surface area contributed by atoms with E-state index in [0.29, 0.717) is 11.3 Å². The first-order valence-corrected chi connectivity index (χ1v) is 9.34. The molecule has 0 aliphatic rings. The van der Waals surface area contributed by atoms with E-state index in [1.54, 1.807) is 30.4 Å². The molecular formula is C21H21FN2OS. The zero-order valence-electron chi connectivity index (χ0n) is 14.7. The van der Waals surface area contributed by atoms with Crippen LogP contribution in [0, 0.1) is 12.7 Å². The summed E-state index contributed by atoms with van der Waals surface area (Å²) >= 11 is 1.64. The highest BCUT2D eigenvalue weighted by atomic mass is 32.1. The molecule has 0 fully saturated rings. The molecule has 1 aromatic heterocycles. The largest absolute Gasteiger partial charge is 0.325 e. The van der Waals surface area contributed by atoms with Crippen molar-refractivity contribution >= 4 is 22.9 Å². The number of halogens is 1. The van der Waals surface area contributed by atoms with Crippen molar-refractivity contribution in [3.8, 4) is 0 Å². The minimum absolute atomic E-state index is 0.0771. The number of rotatable bonds is 6. The summed E-state index contributed by atoms with van der Waals surface area (Å²) in [6, 6.07) is 18.2. The molecule has 0 unspecified atom stereocenters. The van der Waals surface area contributed by atoms with E-state index >= 15 is 0 Å². The quantitative estimate of drug-likeness (QED) is 0.650. The summed E-state index contributed by atoms with van der Waals surface area (Å²) in [4.78, 5) is 13.7. The van der Waals surface area contributed by atoms with Crippen LogP contribution in [0.25, 0.3) is 0 Å². The molecule has 3 nitrogen and oxygen atoms in total. The van der Waals surface area contributed by atoms with Crippen LogP contribution < -0.4 is 10.6 Å². The Morgan fingerprint density at radius 2 is 1.85 bits per heavy atom. The number of hydrogen-bond acceptors (Lipinski definition) is 3. The molecule has 5 heteroatoms. The van der Waals surface area contributed by atoms with Gasteiger partial charge in [0, 0.05) is 10.6 Å². The van der Waals surface area contributed by atoms with E-state index in [2.05, 4.69) is 16.7 Å². The van der Waals surface area contributed by atoms with Crippen LogP contribution in [0.3, 0.4) is 0 Å². The molecule has 0 aliphatic carbocycles. The highest BCUT2D eigenvalue weighted by Gasteiger charge is 2.21. The van der Waals surface area contributed by atoms with Crippen LogP contribution in [-0.4, -0.2) is 11.9 Å². The molecule has 134 valence electrons. The number of thiophene rings is 1. The van der Waals surface area contributed by atoms with Crippen LogP contribution in [0.4, 0.5) is 10.1 Å². The van der Waals surface area contributed by atoms with E-state index in [0.717, 1.165) is 10.4 Å². The van der Waals surface area contributed by atoms with Gasteiger partial charge in [0.05, 0.1) is 12.1 Å². The van der Waals surface area contributed by atoms with Crippen LogP contribution >= 0.6 is 11.3 Å². The van der Waals surface area contributed by atoms with Gasteiger partial charge in [0.15, 0.2) is 0 Å². The normalized spacial score (nSPS) is 13.2. The maximum atomic E-state index is 13.7. The number of aryl methyl sites for hydroxylation is 1. The highest BCUT2D eigenvalue weighted by molar-refractivity contribution is 7.10. The van der Waals surface area contributed by atoms with Gasteiger partial charge in [0.25, 0.3) is 0 Å². The van der Waals surface area contributed by atoms with Crippen molar-refractivity contribution in [3.63, 3.8) is 0 Å². The smallest absolute Gasteiger partial charge is 0.241 e. The molecule has 1 heterocycles. The van der Waals surface area contributed by atoms with E-state index < -0.39 is 6.04 Å². The summed E-state index contributed by atoms with van der Waals surface area (Å²) in [6.07, 6.45) is 0. The fourth-order valence-corrected chi connectivity index (χ4v) is 3.50. The van der Waals surface area contributed by atoms with Crippen molar-refractivity contribution < 1.29 is 9.18 Å². The molecule has 3 aromatic rings. The monoisotopic (exact) mass is 368 g/mol. The average molecular weight is 368 g/mol. The van der Waals surface area contributed by atoms with E-state index in [9.17, 15) is 9.18 Å². The molecule has 0 aliphatic heterocycles. The molecule has 0 spiro atoms. The topological polar surface area (TPSA) is 41.1 Å². The van der Waals surface area contributed by atoms with Gasteiger partial charge in [0.1, 0.15) is 5.82 Å². The Hall–Kier alpha value is -2.50. The van der Waals surface area contributed by atoms with Crippen molar-refractivity contribution in [2.24, 2.45) is 0 Å². The van der Waals surface area contributed by atoms with Crippen LogP contribution in [0.15, 0.2) is 66.0 Å². The van der Waals surface area contributed by atoms with Gasteiger partial charge < -0.3 is 5.32 Å². The van der Waals surface area contributed by atoms with Gasteiger partial charge in [0.2, 0.25) is 5.91 Å². The molecule has 0 saturated carbocycles. The zero-order chi connectivity index (χ0) is 18.5. The Kier molecular flexibility index (Phi) is 5.81. The van der Waals surface area contributed by atoms with Gasteiger partial charge in [-0.2, -0.15) is 0 Å². The van der Waals surface area contributed by atoms with Gasteiger partial charge in [-0.3, -0.25) is 10.1 Å². The SMILES string of the molecule is Cc1ccc(NC(=O)[C@H](C)N[C@@H](c2ccccc2)c2cccs2)cc1F. The fourth-order valence-electron chi connectivity index (χ4n) is 2.69. The Labute approximate surface area is 156 Å². The third-order valence-corrected chi connectivity index (χ3v) is 5.15. The Balaban J connectivity index is 1.74. The number of hydrogen-bond donors (Lipinski definition) is 2. The average Bonchev–Trinajstić information content (AvgIpc) is 3.17. The van der Waals surface area contributed by atoms with E-state index in [1.165, 1.54) is 6.07 Å². The Morgan fingerprint density at radius 1 is 1.08 bits per heavy atom. The van der Waals surface area contributed by atoms with Crippen LogP contribution in [0.2, 0.25) is 0 Å². The second-order valence-electron chi connectivity index (χ2n) is 6.20. The summed E-state index contributed by atoms with van der Waals surface area (Å²) in [5, 5.41) is 8.18. The third kappa shape index (κ3) is 4.36. The van der Waals surface area contributed by atoms with Crippen molar-refractivity contribution in [2.75, 3.05) is 5.32 Å². The number of amides is 1. The number of anilines is 1. The van der Waals surface area contributed by atoms with Crippen molar-refractivity contribution in [1.29, 1.82) is 0 Å². The lowest BCUT2D eigenvalue weighted by Crippen LogP contribution is -2.40. The third-order valence-electron chi connectivity index (χ3n) is 4.21. The zero-order valence-corrected chi connectivity index (χ0v) is 15.5.